The lowest BCUT2D eigenvalue weighted by Crippen LogP contribution is -2.15. The fourth-order valence-electron chi connectivity index (χ4n) is 2.05. The predicted molar refractivity (Wildman–Crippen MR) is 120 cm³/mol. The van der Waals surface area contributed by atoms with E-state index in [1.807, 2.05) is 26.2 Å². The summed E-state index contributed by atoms with van der Waals surface area (Å²) >= 11 is 5.86. The number of nitrogens with one attached hydrogen (secondary N) is 2. The van der Waals surface area contributed by atoms with E-state index in [0.717, 1.165) is 12.5 Å². The quantitative estimate of drug-likeness (QED) is 0.385. The highest BCUT2D eigenvalue weighted by molar-refractivity contribution is 6.30. The SMILES string of the molecule is CC(=O)O.CN(C)c1nc(N/N=C/c2ccc(Cl)cc2)nc(Nc2ccc(F)cc2)n1. The second kappa shape index (κ2) is 11.4. The zero-order valence-electron chi connectivity index (χ0n) is 17.0. The molecule has 3 aromatic rings. The summed E-state index contributed by atoms with van der Waals surface area (Å²) < 4.78 is 13.1. The normalized spacial score (nSPS) is 10.2. The molecule has 0 aliphatic rings. The van der Waals surface area contributed by atoms with Crippen LogP contribution in [0.1, 0.15) is 12.5 Å². The van der Waals surface area contributed by atoms with Crippen LogP contribution in [0.4, 0.5) is 27.9 Å². The zero-order chi connectivity index (χ0) is 22.8. The lowest BCUT2D eigenvalue weighted by Gasteiger charge is -2.13. The van der Waals surface area contributed by atoms with Crippen molar-refractivity contribution in [2.45, 2.75) is 6.92 Å². The van der Waals surface area contributed by atoms with E-state index in [0.29, 0.717) is 22.6 Å². The summed E-state index contributed by atoms with van der Waals surface area (Å²) in [7, 11) is 3.63. The first kappa shape index (κ1) is 23.5. The van der Waals surface area contributed by atoms with Gasteiger partial charge in [-0.15, -0.1) is 0 Å². The molecule has 0 aliphatic heterocycles. The van der Waals surface area contributed by atoms with E-state index in [4.69, 9.17) is 21.5 Å². The van der Waals surface area contributed by atoms with Gasteiger partial charge in [-0.2, -0.15) is 20.1 Å². The Morgan fingerprint density at radius 3 is 2.23 bits per heavy atom. The first-order valence-electron chi connectivity index (χ1n) is 8.93. The average Bonchev–Trinajstić information content (AvgIpc) is 2.71. The molecule has 0 bridgehead atoms. The summed E-state index contributed by atoms with van der Waals surface area (Å²) in [6, 6.07) is 13.1. The second-order valence-corrected chi connectivity index (χ2v) is 6.69. The largest absolute Gasteiger partial charge is 0.481 e. The summed E-state index contributed by atoms with van der Waals surface area (Å²) in [5.41, 5.74) is 4.31. The molecule has 0 fully saturated rings. The van der Waals surface area contributed by atoms with Crippen molar-refractivity contribution < 1.29 is 14.3 Å². The Labute approximate surface area is 183 Å². The Morgan fingerprint density at radius 2 is 1.65 bits per heavy atom. The molecule has 0 spiro atoms. The van der Waals surface area contributed by atoms with Gasteiger partial charge in [-0.1, -0.05) is 23.7 Å². The number of aromatic nitrogens is 3. The molecule has 2 aromatic carbocycles. The third kappa shape index (κ3) is 8.62. The molecule has 0 aliphatic carbocycles. The van der Waals surface area contributed by atoms with E-state index in [1.54, 1.807) is 35.4 Å². The second-order valence-electron chi connectivity index (χ2n) is 6.25. The average molecular weight is 446 g/mol. The van der Waals surface area contributed by atoms with Crippen LogP contribution in [-0.4, -0.2) is 46.3 Å². The molecule has 162 valence electrons. The Hall–Kier alpha value is -3.79. The zero-order valence-corrected chi connectivity index (χ0v) is 17.8. The summed E-state index contributed by atoms with van der Waals surface area (Å²) in [4.78, 5) is 23.6. The van der Waals surface area contributed by atoms with Crippen LogP contribution in [-0.2, 0) is 4.79 Å². The van der Waals surface area contributed by atoms with Gasteiger partial charge < -0.3 is 15.3 Å². The van der Waals surface area contributed by atoms with E-state index in [-0.39, 0.29) is 11.8 Å². The monoisotopic (exact) mass is 445 g/mol. The molecule has 0 saturated carbocycles. The van der Waals surface area contributed by atoms with E-state index in [9.17, 15) is 4.39 Å². The van der Waals surface area contributed by atoms with Crippen LogP contribution >= 0.6 is 11.6 Å². The number of carboxylic acid groups (broad SMARTS) is 1. The van der Waals surface area contributed by atoms with Crippen LogP contribution in [0, 0.1) is 5.82 Å². The fourth-order valence-corrected chi connectivity index (χ4v) is 2.17. The number of hydrogen-bond acceptors (Lipinski definition) is 8. The predicted octanol–water partition coefficient (Wildman–Crippen LogP) is 4.01. The number of hydrazone groups is 1. The minimum atomic E-state index is -0.833. The smallest absolute Gasteiger partial charge is 0.300 e. The topological polar surface area (TPSA) is 116 Å². The van der Waals surface area contributed by atoms with Gasteiger partial charge in [0.25, 0.3) is 5.97 Å². The summed E-state index contributed by atoms with van der Waals surface area (Å²) in [5, 5.41) is 15.2. The molecule has 3 rings (SSSR count). The van der Waals surface area contributed by atoms with E-state index < -0.39 is 5.97 Å². The number of nitrogens with zero attached hydrogens (tertiary/aromatic N) is 5. The lowest BCUT2D eigenvalue weighted by molar-refractivity contribution is -0.134. The van der Waals surface area contributed by atoms with Gasteiger partial charge >= 0.3 is 0 Å². The van der Waals surface area contributed by atoms with Gasteiger partial charge in [0.05, 0.1) is 6.21 Å². The molecule has 0 unspecified atom stereocenters. The van der Waals surface area contributed by atoms with Crippen LogP contribution in [0.5, 0.6) is 0 Å². The number of hydrogen-bond donors (Lipinski definition) is 3. The molecule has 11 heteroatoms. The van der Waals surface area contributed by atoms with E-state index in [2.05, 4.69) is 30.8 Å². The van der Waals surface area contributed by atoms with Gasteiger partial charge in [0.2, 0.25) is 17.8 Å². The standard InChI is InChI=1S/C18H17ClFN7.C2H4O2/c1-27(2)18-24-16(22-15-9-7-14(20)8-10-15)23-17(25-18)26-21-11-12-3-5-13(19)6-4-12;1-2(3)4/h3-11H,1-2H3,(H2,22,23,24,25,26);1H3,(H,3,4)/b21-11+;. The maximum absolute atomic E-state index is 13.1. The Bertz CT molecular complexity index is 1020. The Morgan fingerprint density at radius 1 is 1.06 bits per heavy atom. The van der Waals surface area contributed by atoms with Crippen LogP contribution in [0.15, 0.2) is 53.6 Å². The molecule has 31 heavy (non-hydrogen) atoms. The van der Waals surface area contributed by atoms with Crippen LogP contribution < -0.4 is 15.6 Å². The third-order valence-electron chi connectivity index (χ3n) is 3.37. The van der Waals surface area contributed by atoms with Crippen LogP contribution in [0.25, 0.3) is 0 Å². The summed E-state index contributed by atoms with van der Waals surface area (Å²) in [6.45, 7) is 1.08. The highest BCUT2D eigenvalue weighted by Gasteiger charge is 2.08. The molecule has 1 aromatic heterocycles. The van der Waals surface area contributed by atoms with Crippen molar-refractivity contribution in [3.05, 3.63) is 64.9 Å². The van der Waals surface area contributed by atoms with Gasteiger partial charge in [-0.3, -0.25) is 4.79 Å². The highest BCUT2D eigenvalue weighted by Crippen LogP contribution is 2.17. The first-order chi connectivity index (χ1) is 14.7. The minimum Gasteiger partial charge on any atom is -0.481 e. The Balaban J connectivity index is 0.000000785. The molecule has 0 saturated heterocycles. The van der Waals surface area contributed by atoms with Crippen molar-refractivity contribution in [3.8, 4) is 0 Å². The van der Waals surface area contributed by atoms with Crippen molar-refractivity contribution in [2.75, 3.05) is 29.7 Å². The van der Waals surface area contributed by atoms with Gasteiger partial charge in [0.15, 0.2) is 0 Å². The molecular weight excluding hydrogens is 425 g/mol. The maximum atomic E-state index is 13.1. The molecule has 0 radical (unpaired) electrons. The molecular formula is C20H21ClFN7O2. The molecule has 1 heterocycles. The number of rotatable bonds is 6. The minimum absolute atomic E-state index is 0.267. The maximum Gasteiger partial charge on any atom is 0.300 e. The molecule has 0 atom stereocenters. The summed E-state index contributed by atoms with van der Waals surface area (Å²) in [6.07, 6.45) is 1.63. The van der Waals surface area contributed by atoms with Gasteiger partial charge in [-0.25, -0.2) is 9.82 Å². The lowest BCUT2D eigenvalue weighted by atomic mass is 10.2. The van der Waals surface area contributed by atoms with Gasteiger partial charge in [0, 0.05) is 31.7 Å². The number of aliphatic carboxylic acids is 1. The fraction of sp³-hybridized carbons (Fsp3) is 0.150. The van der Waals surface area contributed by atoms with Crippen molar-refractivity contribution in [3.63, 3.8) is 0 Å². The number of carbonyl (C=O) groups is 1. The Kier molecular flexibility index (Phi) is 8.64. The van der Waals surface area contributed by atoms with Crippen LogP contribution in [0.2, 0.25) is 5.02 Å². The molecule has 3 N–H and O–H groups in total. The van der Waals surface area contributed by atoms with E-state index >= 15 is 0 Å². The van der Waals surface area contributed by atoms with Gasteiger partial charge in [-0.05, 0) is 42.0 Å². The van der Waals surface area contributed by atoms with Crippen LogP contribution in [0.3, 0.4) is 0 Å². The number of anilines is 4. The summed E-state index contributed by atoms with van der Waals surface area (Å²) in [5.74, 6) is -0.129. The van der Waals surface area contributed by atoms with Gasteiger partial charge in [0.1, 0.15) is 5.82 Å². The first-order valence-corrected chi connectivity index (χ1v) is 9.31. The number of carboxylic acids is 1. The third-order valence-corrected chi connectivity index (χ3v) is 3.62. The molecule has 9 nitrogen and oxygen atoms in total. The highest BCUT2D eigenvalue weighted by atomic mass is 35.5. The number of benzene rings is 2. The number of halogens is 2. The van der Waals surface area contributed by atoms with Crippen molar-refractivity contribution in [1.82, 2.24) is 15.0 Å². The van der Waals surface area contributed by atoms with Crippen molar-refractivity contribution in [2.24, 2.45) is 5.10 Å². The van der Waals surface area contributed by atoms with Crippen molar-refractivity contribution in [1.29, 1.82) is 0 Å². The molecule has 0 amide bonds. The van der Waals surface area contributed by atoms with E-state index in [1.165, 1.54) is 12.1 Å². The van der Waals surface area contributed by atoms with Crippen molar-refractivity contribution >= 4 is 47.3 Å².